The second kappa shape index (κ2) is 14.2. The Hall–Kier alpha value is -3.58. The van der Waals surface area contributed by atoms with Gasteiger partial charge in [-0.2, -0.15) is 0 Å². The van der Waals surface area contributed by atoms with Gasteiger partial charge in [0.25, 0.3) is 0 Å². The van der Waals surface area contributed by atoms with Crippen LogP contribution in [0.15, 0.2) is 133 Å². The highest BCUT2D eigenvalue weighted by atomic mass is 16.6. The highest BCUT2D eigenvalue weighted by Crippen LogP contribution is 2.32. The van der Waals surface area contributed by atoms with Gasteiger partial charge in [0.05, 0.1) is 33.0 Å². The van der Waals surface area contributed by atoms with Crippen LogP contribution in [-0.4, -0.2) is 35.6 Å². The maximum absolute atomic E-state index is 12.0. The van der Waals surface area contributed by atoms with Crippen LogP contribution in [0.1, 0.15) is 22.3 Å². The summed E-state index contributed by atoms with van der Waals surface area (Å²) in [6.07, 6.45) is 1.89. The van der Waals surface area contributed by atoms with Gasteiger partial charge in [0, 0.05) is 0 Å². The largest absolute Gasteiger partial charge is 0.381 e. The molecule has 0 amide bonds. The summed E-state index contributed by atoms with van der Waals surface area (Å²) in [5.74, 6) is 0. The third-order valence-corrected chi connectivity index (χ3v) is 6.98. The summed E-state index contributed by atoms with van der Waals surface area (Å²) in [6, 6.07) is 39.9. The minimum absolute atomic E-state index is 0.0501. The van der Waals surface area contributed by atoms with Crippen molar-refractivity contribution in [2.75, 3.05) is 6.61 Å². The van der Waals surface area contributed by atoms with E-state index in [2.05, 4.69) is 0 Å². The van der Waals surface area contributed by atoms with Crippen LogP contribution in [0.3, 0.4) is 0 Å². The Kier molecular flexibility index (Phi) is 9.91. The topological polar surface area (TPSA) is 57.2 Å². The molecule has 1 aliphatic carbocycles. The summed E-state index contributed by atoms with van der Waals surface area (Å²) >= 11 is 0. The van der Waals surface area contributed by atoms with Gasteiger partial charge in [-0.3, -0.25) is 0 Å². The van der Waals surface area contributed by atoms with Crippen LogP contribution >= 0.6 is 0 Å². The van der Waals surface area contributed by atoms with Crippen LogP contribution in [0.2, 0.25) is 0 Å². The van der Waals surface area contributed by atoms with Gasteiger partial charge in [-0.25, -0.2) is 0 Å². The van der Waals surface area contributed by atoms with E-state index >= 15 is 0 Å². The Labute approximate surface area is 236 Å². The van der Waals surface area contributed by atoms with Crippen LogP contribution in [0.4, 0.5) is 0 Å². The summed E-state index contributed by atoms with van der Waals surface area (Å²) < 4.78 is 25.4. The fourth-order valence-electron chi connectivity index (χ4n) is 4.82. The van der Waals surface area contributed by atoms with Crippen molar-refractivity contribution in [3.63, 3.8) is 0 Å². The highest BCUT2D eigenvalue weighted by molar-refractivity contribution is 5.21. The summed E-state index contributed by atoms with van der Waals surface area (Å²) in [5, 5.41) is 12.0. The zero-order valence-electron chi connectivity index (χ0n) is 22.5. The van der Waals surface area contributed by atoms with Crippen molar-refractivity contribution in [3.8, 4) is 0 Å². The van der Waals surface area contributed by atoms with Crippen molar-refractivity contribution in [2.45, 2.75) is 50.3 Å². The van der Waals surface area contributed by atoms with Crippen LogP contribution in [0.25, 0.3) is 0 Å². The van der Waals surface area contributed by atoms with Gasteiger partial charge in [0.2, 0.25) is 0 Å². The molecule has 4 aromatic rings. The lowest BCUT2D eigenvalue weighted by molar-refractivity contribution is -0.209. The van der Waals surface area contributed by atoms with E-state index in [4.69, 9.17) is 18.9 Å². The van der Waals surface area contributed by atoms with Crippen molar-refractivity contribution in [1.82, 2.24) is 0 Å². The summed E-state index contributed by atoms with van der Waals surface area (Å²) in [7, 11) is 0. The molecule has 0 aromatic heterocycles. The molecule has 5 heteroatoms. The molecule has 0 spiro atoms. The standard InChI is InChI=1S/C35H36O5/c36-35(27-37-23-28-13-5-1-6-14-28)22-21-32(38-24-29-15-7-2-8-16-29)33(39-25-30-17-9-3-10-18-30)34(35)40-26-31-19-11-4-12-20-31/h1-22,32-34,36H,23-27H2/t32-,33-,34-,35-/m0/s1. The molecule has 5 rings (SSSR count). The van der Waals surface area contributed by atoms with E-state index < -0.39 is 23.9 Å². The molecule has 5 nitrogen and oxygen atoms in total. The molecular weight excluding hydrogens is 500 g/mol. The monoisotopic (exact) mass is 536 g/mol. The van der Waals surface area contributed by atoms with Crippen LogP contribution in [-0.2, 0) is 45.4 Å². The molecule has 206 valence electrons. The first kappa shape index (κ1) is 28.0. The first-order valence-electron chi connectivity index (χ1n) is 13.7. The summed E-state index contributed by atoms with van der Waals surface area (Å²) in [6.45, 7) is 1.52. The van der Waals surface area contributed by atoms with Gasteiger partial charge in [-0.15, -0.1) is 0 Å². The Balaban J connectivity index is 1.38. The van der Waals surface area contributed by atoms with E-state index in [0.717, 1.165) is 22.3 Å². The molecule has 0 saturated carbocycles. The van der Waals surface area contributed by atoms with E-state index in [1.165, 1.54) is 0 Å². The third kappa shape index (κ3) is 7.75. The molecular formula is C35H36O5. The zero-order valence-corrected chi connectivity index (χ0v) is 22.5. The average molecular weight is 537 g/mol. The van der Waals surface area contributed by atoms with Gasteiger partial charge < -0.3 is 24.1 Å². The van der Waals surface area contributed by atoms with Crippen LogP contribution in [0.5, 0.6) is 0 Å². The molecule has 0 radical (unpaired) electrons. The molecule has 1 N–H and O–H groups in total. The van der Waals surface area contributed by atoms with Gasteiger partial charge in [-0.1, -0.05) is 127 Å². The Morgan fingerprint density at radius 2 is 0.950 bits per heavy atom. The smallest absolute Gasteiger partial charge is 0.135 e. The molecule has 40 heavy (non-hydrogen) atoms. The number of aliphatic hydroxyl groups is 1. The van der Waals surface area contributed by atoms with Crippen molar-refractivity contribution in [1.29, 1.82) is 0 Å². The molecule has 0 heterocycles. The predicted molar refractivity (Wildman–Crippen MR) is 155 cm³/mol. The lowest BCUT2D eigenvalue weighted by Crippen LogP contribution is -2.59. The minimum Gasteiger partial charge on any atom is -0.381 e. The molecule has 0 unspecified atom stereocenters. The van der Waals surface area contributed by atoms with Gasteiger partial charge >= 0.3 is 0 Å². The molecule has 0 fully saturated rings. The second-order valence-electron chi connectivity index (χ2n) is 10.1. The number of hydrogen-bond acceptors (Lipinski definition) is 5. The number of rotatable bonds is 13. The molecule has 4 aromatic carbocycles. The normalized spacial score (nSPS) is 22.3. The van der Waals surface area contributed by atoms with Gasteiger partial charge in [0.1, 0.15) is 23.9 Å². The minimum atomic E-state index is -1.42. The Morgan fingerprint density at radius 1 is 0.525 bits per heavy atom. The van der Waals surface area contributed by atoms with Crippen LogP contribution in [0, 0.1) is 0 Å². The number of benzene rings is 4. The van der Waals surface area contributed by atoms with Crippen LogP contribution < -0.4 is 0 Å². The molecule has 0 bridgehead atoms. The van der Waals surface area contributed by atoms with E-state index in [-0.39, 0.29) is 6.61 Å². The highest BCUT2D eigenvalue weighted by Gasteiger charge is 2.48. The van der Waals surface area contributed by atoms with Crippen molar-refractivity contribution < 1.29 is 24.1 Å². The SMILES string of the molecule is O[C@]1(COCc2ccccc2)C=C[C@H](OCc2ccccc2)[C@H](OCc2ccccc2)[C@@H]1OCc1ccccc1. The Bertz CT molecular complexity index is 1300. The van der Waals surface area contributed by atoms with Gasteiger partial charge in [-0.05, 0) is 28.3 Å². The maximum Gasteiger partial charge on any atom is 0.135 e. The maximum atomic E-state index is 12.0. The average Bonchev–Trinajstić information content (AvgIpc) is 3.01. The fraction of sp³-hybridized carbons (Fsp3) is 0.257. The van der Waals surface area contributed by atoms with E-state index in [9.17, 15) is 5.11 Å². The van der Waals surface area contributed by atoms with Crippen molar-refractivity contribution >= 4 is 0 Å². The lowest BCUT2D eigenvalue weighted by atomic mass is 9.84. The molecule has 0 saturated heterocycles. The quantitative estimate of drug-likeness (QED) is 0.204. The van der Waals surface area contributed by atoms with E-state index in [0.29, 0.717) is 26.4 Å². The molecule has 4 atom stereocenters. The number of ether oxygens (including phenoxy) is 4. The first-order chi connectivity index (χ1) is 19.7. The lowest BCUT2D eigenvalue weighted by Gasteiger charge is -2.43. The molecule has 1 aliphatic rings. The molecule has 0 aliphatic heterocycles. The van der Waals surface area contributed by atoms with E-state index in [1.807, 2.05) is 127 Å². The summed E-state index contributed by atoms with van der Waals surface area (Å²) in [5.41, 5.74) is 2.72. The van der Waals surface area contributed by atoms with Crippen molar-refractivity contribution in [3.05, 3.63) is 156 Å². The first-order valence-corrected chi connectivity index (χ1v) is 13.7. The van der Waals surface area contributed by atoms with Gasteiger partial charge in [0.15, 0.2) is 0 Å². The third-order valence-electron chi connectivity index (χ3n) is 6.98. The Morgan fingerprint density at radius 3 is 1.45 bits per heavy atom. The number of hydrogen-bond donors (Lipinski definition) is 1. The fourth-order valence-corrected chi connectivity index (χ4v) is 4.82. The predicted octanol–water partition coefficient (Wildman–Crippen LogP) is 6.26. The summed E-state index contributed by atoms with van der Waals surface area (Å²) in [4.78, 5) is 0. The second-order valence-corrected chi connectivity index (χ2v) is 10.1. The zero-order chi connectivity index (χ0) is 27.5. The van der Waals surface area contributed by atoms with E-state index in [1.54, 1.807) is 6.08 Å². The van der Waals surface area contributed by atoms with Crippen molar-refractivity contribution in [2.24, 2.45) is 0 Å².